The Kier molecular flexibility index (Phi) is 4.32. The minimum absolute atomic E-state index is 0.147. The van der Waals surface area contributed by atoms with Gasteiger partial charge in [-0.25, -0.2) is 24.2 Å². The number of nitrogens with zero attached hydrogens (tertiary/aromatic N) is 4. The lowest BCUT2D eigenvalue weighted by atomic mass is 10.1. The number of benzene rings is 1. The average molecular weight is 375 g/mol. The quantitative estimate of drug-likeness (QED) is 0.742. The topological polar surface area (TPSA) is 101 Å². The molecule has 1 aromatic carbocycles. The molecule has 0 bridgehead atoms. The smallest absolute Gasteiger partial charge is 0.407 e. The highest BCUT2D eigenvalue weighted by Gasteiger charge is 2.32. The van der Waals surface area contributed by atoms with Crippen LogP contribution in [-0.4, -0.2) is 51.8 Å². The van der Waals surface area contributed by atoms with Crippen molar-refractivity contribution in [3.63, 3.8) is 0 Å². The molecule has 1 aromatic rings. The van der Waals surface area contributed by atoms with Crippen molar-refractivity contribution >= 4 is 18.1 Å². The van der Waals surface area contributed by atoms with Gasteiger partial charge in [-0.1, -0.05) is 0 Å². The van der Waals surface area contributed by atoms with Crippen molar-refractivity contribution in [2.24, 2.45) is 4.99 Å². The maximum Gasteiger partial charge on any atom is 0.407 e. The summed E-state index contributed by atoms with van der Waals surface area (Å²) in [5, 5.41) is 21.4. The zero-order valence-corrected chi connectivity index (χ0v) is 14.2. The van der Waals surface area contributed by atoms with Gasteiger partial charge in [-0.2, -0.15) is 0 Å². The first-order chi connectivity index (χ1) is 13.0. The molecule has 3 aliphatic heterocycles. The van der Waals surface area contributed by atoms with Gasteiger partial charge >= 0.3 is 6.09 Å². The van der Waals surface area contributed by atoms with Crippen molar-refractivity contribution in [3.05, 3.63) is 47.8 Å². The van der Waals surface area contributed by atoms with Crippen molar-refractivity contribution in [3.8, 4) is 5.75 Å². The van der Waals surface area contributed by atoms with E-state index in [1.54, 1.807) is 12.4 Å². The Bertz CT molecular complexity index is 848. The summed E-state index contributed by atoms with van der Waals surface area (Å²) in [5.41, 5.74) is 4.43. The molecule has 142 valence electrons. The highest BCUT2D eigenvalue weighted by molar-refractivity contribution is 5.69. The zero-order chi connectivity index (χ0) is 19.0. The van der Waals surface area contributed by atoms with Gasteiger partial charge < -0.3 is 15.1 Å². The number of carboxylic acid groups (broad SMARTS) is 1. The first-order valence-corrected chi connectivity index (χ1v) is 8.45. The number of phenols is 1. The number of nitrogens with one attached hydrogen (secondary N) is 1. The summed E-state index contributed by atoms with van der Waals surface area (Å²) >= 11 is 0. The van der Waals surface area contributed by atoms with Crippen molar-refractivity contribution in [2.45, 2.75) is 18.9 Å². The molecule has 3 heterocycles. The minimum atomic E-state index is -0.924. The molecule has 3 N–H and O–H groups in total. The van der Waals surface area contributed by atoms with Gasteiger partial charge in [0.05, 0.1) is 18.0 Å². The van der Waals surface area contributed by atoms with E-state index < -0.39 is 11.9 Å². The number of carbonyl (C=O) groups is 1. The third-order valence-corrected chi connectivity index (χ3v) is 4.59. The molecule has 1 amide bonds. The fourth-order valence-electron chi connectivity index (χ4n) is 3.18. The van der Waals surface area contributed by atoms with E-state index in [4.69, 9.17) is 9.94 Å². The van der Waals surface area contributed by atoms with Gasteiger partial charge in [0, 0.05) is 25.4 Å². The fraction of sp³-hybridized carbons (Fsp3) is 0.294. The molecule has 0 aliphatic carbocycles. The molecule has 0 unspecified atom stereocenters. The summed E-state index contributed by atoms with van der Waals surface area (Å²) in [7, 11) is 0. The number of rotatable bonds is 3. The van der Waals surface area contributed by atoms with Gasteiger partial charge in [-0.3, -0.25) is 10.3 Å². The third kappa shape index (κ3) is 3.26. The molecule has 10 heteroatoms. The predicted molar refractivity (Wildman–Crippen MR) is 93.9 cm³/mol. The van der Waals surface area contributed by atoms with Crippen molar-refractivity contribution in [1.29, 1.82) is 0 Å². The second-order valence-corrected chi connectivity index (χ2v) is 6.31. The molecule has 9 nitrogen and oxygen atoms in total. The average Bonchev–Trinajstić information content (AvgIpc) is 3.07. The van der Waals surface area contributed by atoms with E-state index in [1.165, 1.54) is 33.4 Å². The number of aliphatic imine (C=N–C) groups is 1. The number of amides is 1. The molecule has 1 fully saturated rings. The van der Waals surface area contributed by atoms with Crippen molar-refractivity contribution in [1.82, 2.24) is 15.4 Å². The second kappa shape index (κ2) is 6.80. The van der Waals surface area contributed by atoms with Crippen LogP contribution < -0.4 is 10.4 Å². The molecule has 0 aromatic heterocycles. The summed E-state index contributed by atoms with van der Waals surface area (Å²) < 4.78 is 14.2. The summed E-state index contributed by atoms with van der Waals surface area (Å²) in [4.78, 5) is 22.5. The van der Waals surface area contributed by atoms with E-state index in [0.29, 0.717) is 37.3 Å². The maximum atomic E-state index is 14.2. The van der Waals surface area contributed by atoms with Crippen molar-refractivity contribution < 1.29 is 24.2 Å². The monoisotopic (exact) mass is 375 g/mol. The largest absolute Gasteiger partial charge is 0.508 e. The summed E-state index contributed by atoms with van der Waals surface area (Å²) in [6, 6.07) is 3.89. The van der Waals surface area contributed by atoms with Crippen LogP contribution in [-0.2, 0) is 4.84 Å². The van der Waals surface area contributed by atoms with Gasteiger partial charge in [-0.05, 0) is 25.0 Å². The number of hydrogen-bond acceptors (Lipinski definition) is 7. The molecule has 0 saturated carbocycles. The predicted octanol–water partition coefficient (Wildman–Crippen LogP) is 1.96. The lowest BCUT2D eigenvalue weighted by Gasteiger charge is -2.34. The van der Waals surface area contributed by atoms with E-state index in [9.17, 15) is 14.3 Å². The normalized spacial score (nSPS) is 19.5. The van der Waals surface area contributed by atoms with E-state index in [-0.39, 0.29) is 17.5 Å². The Morgan fingerprint density at radius 1 is 1.30 bits per heavy atom. The number of halogens is 1. The van der Waals surface area contributed by atoms with Gasteiger partial charge in [0.2, 0.25) is 0 Å². The Hall–Kier alpha value is -3.27. The number of piperidine rings is 1. The van der Waals surface area contributed by atoms with Crippen LogP contribution in [0.3, 0.4) is 0 Å². The summed E-state index contributed by atoms with van der Waals surface area (Å²) in [6.07, 6.45) is 4.83. The Labute approximate surface area is 154 Å². The van der Waals surface area contributed by atoms with Gasteiger partial charge in [0.15, 0.2) is 5.82 Å². The number of fused-ring (bicyclic) bond motifs is 1. The van der Waals surface area contributed by atoms with Crippen molar-refractivity contribution in [2.75, 3.05) is 18.1 Å². The molecule has 4 rings (SSSR count). The van der Waals surface area contributed by atoms with E-state index in [1.807, 2.05) is 0 Å². The first-order valence-electron chi connectivity index (χ1n) is 8.45. The number of likely N-dealkylation sites (tertiary alicyclic amines) is 1. The number of aromatic hydroxyl groups is 1. The lowest BCUT2D eigenvalue weighted by Crippen LogP contribution is -2.42. The molecular weight excluding hydrogens is 357 g/mol. The SMILES string of the molecule is O=C(O)N1CCC(ON2C=NC=C3C2=CNN3c2ccc(O)cc2F)CC1. The van der Waals surface area contributed by atoms with Crippen LogP contribution in [0.25, 0.3) is 0 Å². The van der Waals surface area contributed by atoms with Crippen LogP contribution in [0.2, 0.25) is 0 Å². The van der Waals surface area contributed by atoms with Gasteiger partial charge in [0.25, 0.3) is 0 Å². The summed E-state index contributed by atoms with van der Waals surface area (Å²) in [5.74, 6) is -0.738. The lowest BCUT2D eigenvalue weighted by molar-refractivity contribution is -0.133. The molecule has 0 spiro atoms. The van der Waals surface area contributed by atoms with E-state index in [2.05, 4.69) is 10.4 Å². The zero-order valence-electron chi connectivity index (χ0n) is 14.2. The van der Waals surface area contributed by atoms with Gasteiger partial charge in [-0.15, -0.1) is 0 Å². The molecule has 0 atom stereocenters. The molecule has 3 aliphatic rings. The number of phenolic OH excluding ortho intramolecular Hbond substituents is 1. The molecule has 1 saturated heterocycles. The standard InChI is InChI=1S/C17H18FN5O4/c18-13-7-11(24)1-2-14(13)23-16-8-19-10-22(15(16)9-20-23)27-12-3-5-21(6-4-12)17(25)26/h1-2,7-10,12,20,24H,3-6H2,(H,25,26). The van der Waals surface area contributed by atoms with Crippen LogP contribution in [0.4, 0.5) is 14.9 Å². The molecule has 27 heavy (non-hydrogen) atoms. The Morgan fingerprint density at radius 2 is 2.07 bits per heavy atom. The first kappa shape index (κ1) is 17.2. The van der Waals surface area contributed by atoms with E-state index >= 15 is 0 Å². The third-order valence-electron chi connectivity index (χ3n) is 4.59. The number of hydrogen-bond donors (Lipinski definition) is 3. The minimum Gasteiger partial charge on any atom is -0.508 e. The summed E-state index contributed by atoms with van der Waals surface area (Å²) in [6.45, 7) is 0.825. The Morgan fingerprint density at radius 3 is 2.78 bits per heavy atom. The number of anilines is 1. The van der Waals surface area contributed by atoms with Crippen LogP contribution in [0.1, 0.15) is 12.8 Å². The van der Waals surface area contributed by atoms with E-state index in [0.717, 1.165) is 6.07 Å². The maximum absolute atomic E-state index is 14.2. The number of hydroxylamine groups is 2. The van der Waals surface area contributed by atoms with Crippen LogP contribution in [0, 0.1) is 5.82 Å². The number of hydrazine groups is 1. The van der Waals surface area contributed by atoms with Gasteiger partial charge in [0.1, 0.15) is 23.5 Å². The highest BCUT2D eigenvalue weighted by atomic mass is 19.1. The second-order valence-electron chi connectivity index (χ2n) is 6.31. The highest BCUT2D eigenvalue weighted by Crippen LogP contribution is 2.33. The van der Waals surface area contributed by atoms with Crippen LogP contribution >= 0.6 is 0 Å². The molecular formula is C17H18FN5O4. The van der Waals surface area contributed by atoms with Crippen LogP contribution in [0.5, 0.6) is 5.75 Å². The Balaban J connectivity index is 1.45. The van der Waals surface area contributed by atoms with Crippen LogP contribution in [0.15, 0.2) is 47.0 Å². The molecule has 0 radical (unpaired) electrons. The fourth-order valence-corrected chi connectivity index (χ4v) is 3.18.